The molecule has 110 valence electrons. The summed E-state index contributed by atoms with van der Waals surface area (Å²) in [6.07, 6.45) is 0. The Balaban J connectivity index is 2.47. The first-order valence-corrected chi connectivity index (χ1v) is 7.53. The van der Waals surface area contributed by atoms with Gasteiger partial charge in [-0.15, -0.1) is 0 Å². The van der Waals surface area contributed by atoms with E-state index in [-0.39, 0.29) is 0 Å². The highest BCUT2D eigenvalue weighted by Crippen LogP contribution is 2.26. The lowest BCUT2D eigenvalue weighted by Gasteiger charge is -2.11. The van der Waals surface area contributed by atoms with Gasteiger partial charge in [-0.2, -0.15) is 0 Å². The maximum Gasteiger partial charge on any atom is 0.144 e. The zero-order chi connectivity index (χ0) is 15.4. The Bertz CT molecular complexity index is 680. The Labute approximate surface area is 130 Å². The minimum absolute atomic E-state index is 0.467. The summed E-state index contributed by atoms with van der Waals surface area (Å²) in [5, 5.41) is 0. The molecule has 0 bridgehead atoms. The second-order valence-corrected chi connectivity index (χ2v) is 5.84. The lowest BCUT2D eigenvalue weighted by Crippen LogP contribution is -2.16. The molecule has 2 rings (SSSR count). The largest absolute Gasteiger partial charge is 0.382 e. The van der Waals surface area contributed by atoms with Crippen LogP contribution < -0.4 is 10.5 Å². The van der Waals surface area contributed by atoms with Crippen molar-refractivity contribution in [3.63, 3.8) is 0 Å². The normalized spacial score (nSPS) is 11.7. The smallest absolute Gasteiger partial charge is 0.144 e. The van der Waals surface area contributed by atoms with Gasteiger partial charge < -0.3 is 5.73 Å². The van der Waals surface area contributed by atoms with E-state index in [9.17, 15) is 0 Å². The van der Waals surface area contributed by atoms with Crippen molar-refractivity contribution in [3.8, 4) is 11.3 Å². The van der Waals surface area contributed by atoms with Gasteiger partial charge in [-0.05, 0) is 62.2 Å². The predicted octanol–water partition coefficient (Wildman–Crippen LogP) is 2.93. The highest BCUT2D eigenvalue weighted by Gasteiger charge is 2.09. The van der Waals surface area contributed by atoms with Crippen LogP contribution in [0.1, 0.15) is 16.8 Å². The number of nitrogens with zero attached hydrogens (tertiary/aromatic N) is 2. The van der Waals surface area contributed by atoms with Crippen LogP contribution in [-0.2, 0) is 0 Å². The average molecular weight is 300 g/mol. The Morgan fingerprint density at radius 1 is 1.19 bits per heavy atom. The second-order valence-electron chi connectivity index (χ2n) is 4.75. The van der Waals surface area contributed by atoms with Crippen LogP contribution in [0.2, 0.25) is 0 Å². The molecule has 1 heterocycles. The van der Waals surface area contributed by atoms with Gasteiger partial charge in [0.2, 0.25) is 0 Å². The van der Waals surface area contributed by atoms with Crippen molar-refractivity contribution in [2.45, 2.75) is 18.7 Å². The predicted molar refractivity (Wildman–Crippen MR) is 90.7 cm³/mol. The fourth-order valence-electron chi connectivity index (χ4n) is 2.15. The molecule has 0 saturated heterocycles. The first-order chi connectivity index (χ1) is 10.1. The van der Waals surface area contributed by atoms with Gasteiger partial charge in [-0.25, -0.2) is 4.98 Å². The summed E-state index contributed by atoms with van der Waals surface area (Å²) in [6.45, 7) is 4.08. The van der Waals surface area contributed by atoms with Crippen LogP contribution >= 0.6 is 11.9 Å². The first-order valence-electron chi connectivity index (χ1n) is 6.71. The number of hydrogen-bond donors (Lipinski definition) is 2. The summed E-state index contributed by atoms with van der Waals surface area (Å²) in [5.41, 5.74) is 10.9. The van der Waals surface area contributed by atoms with Crippen LogP contribution in [0.15, 0.2) is 40.2 Å². The lowest BCUT2D eigenvalue weighted by molar-refractivity contribution is 1.20. The van der Waals surface area contributed by atoms with E-state index in [0.717, 1.165) is 22.5 Å². The van der Waals surface area contributed by atoms with Crippen LogP contribution in [0, 0.1) is 13.8 Å². The Morgan fingerprint density at radius 2 is 1.95 bits per heavy atom. The molecule has 0 atom stereocenters. The van der Waals surface area contributed by atoms with Gasteiger partial charge in [0.15, 0.2) is 0 Å². The Hall–Kier alpha value is -1.85. The number of aromatic nitrogens is 1. The number of benzene rings is 1. The SMILES string of the molecule is CN=C(N)c1nc(-c2ccc(SNC)cc2C)ccc1C. The van der Waals surface area contributed by atoms with E-state index in [1.165, 1.54) is 10.5 Å². The molecular formula is C16H20N4S. The number of pyridine rings is 1. The van der Waals surface area contributed by atoms with Crippen LogP contribution in [0.5, 0.6) is 0 Å². The third-order valence-electron chi connectivity index (χ3n) is 3.27. The van der Waals surface area contributed by atoms with Crippen molar-refractivity contribution < 1.29 is 0 Å². The van der Waals surface area contributed by atoms with E-state index >= 15 is 0 Å². The highest BCUT2D eigenvalue weighted by atomic mass is 32.2. The number of nitrogens with two attached hydrogens (primary N) is 1. The van der Waals surface area contributed by atoms with E-state index in [2.05, 4.69) is 39.8 Å². The Morgan fingerprint density at radius 3 is 2.57 bits per heavy atom. The van der Waals surface area contributed by atoms with Crippen molar-refractivity contribution >= 4 is 17.8 Å². The van der Waals surface area contributed by atoms with Crippen molar-refractivity contribution in [2.24, 2.45) is 10.7 Å². The molecule has 0 unspecified atom stereocenters. The number of nitrogens with one attached hydrogen (secondary N) is 1. The minimum Gasteiger partial charge on any atom is -0.382 e. The van der Waals surface area contributed by atoms with Gasteiger partial charge in [0, 0.05) is 17.5 Å². The number of aryl methyl sites for hydroxylation is 2. The molecule has 0 aliphatic carbocycles. The van der Waals surface area contributed by atoms with E-state index in [1.807, 2.05) is 26.1 Å². The van der Waals surface area contributed by atoms with Crippen molar-refractivity contribution in [1.82, 2.24) is 9.71 Å². The fourth-order valence-corrected chi connectivity index (χ4v) is 2.76. The van der Waals surface area contributed by atoms with Crippen molar-refractivity contribution in [2.75, 3.05) is 14.1 Å². The third kappa shape index (κ3) is 3.43. The summed E-state index contributed by atoms with van der Waals surface area (Å²) >= 11 is 1.60. The van der Waals surface area contributed by atoms with Gasteiger partial charge in [0.25, 0.3) is 0 Å². The summed E-state index contributed by atoms with van der Waals surface area (Å²) < 4.78 is 3.08. The maximum absolute atomic E-state index is 5.92. The minimum atomic E-state index is 0.467. The van der Waals surface area contributed by atoms with Gasteiger partial charge in [-0.1, -0.05) is 12.1 Å². The van der Waals surface area contributed by atoms with E-state index in [1.54, 1.807) is 19.0 Å². The van der Waals surface area contributed by atoms with Gasteiger partial charge in [-0.3, -0.25) is 9.71 Å². The van der Waals surface area contributed by atoms with Crippen LogP contribution in [0.4, 0.5) is 0 Å². The molecular weight excluding hydrogens is 280 g/mol. The molecule has 1 aromatic heterocycles. The highest BCUT2D eigenvalue weighted by molar-refractivity contribution is 7.97. The summed E-state index contributed by atoms with van der Waals surface area (Å²) in [4.78, 5) is 9.89. The second kappa shape index (κ2) is 6.74. The van der Waals surface area contributed by atoms with E-state index < -0.39 is 0 Å². The van der Waals surface area contributed by atoms with Gasteiger partial charge in [0.1, 0.15) is 11.5 Å². The molecule has 0 spiro atoms. The van der Waals surface area contributed by atoms with E-state index in [4.69, 9.17) is 5.73 Å². The van der Waals surface area contributed by atoms with Crippen molar-refractivity contribution in [3.05, 3.63) is 47.2 Å². The summed E-state index contributed by atoms with van der Waals surface area (Å²) in [5.74, 6) is 0.467. The summed E-state index contributed by atoms with van der Waals surface area (Å²) in [7, 11) is 3.59. The zero-order valence-corrected chi connectivity index (χ0v) is 13.6. The van der Waals surface area contributed by atoms with Gasteiger partial charge in [0.05, 0.1) is 5.69 Å². The molecule has 21 heavy (non-hydrogen) atoms. The molecule has 3 N–H and O–H groups in total. The van der Waals surface area contributed by atoms with Crippen LogP contribution in [-0.4, -0.2) is 24.9 Å². The molecule has 0 aliphatic rings. The number of rotatable bonds is 4. The standard InChI is InChI=1S/C16H20N4S/c1-10-5-8-14(20-15(10)16(17)18-3)13-7-6-12(21-19-4)9-11(13)2/h5-9,19H,1-4H3,(H2,17,18). The Kier molecular flexibility index (Phi) is 4.98. The van der Waals surface area contributed by atoms with Crippen LogP contribution in [0.3, 0.4) is 0 Å². The number of amidine groups is 1. The molecule has 0 amide bonds. The molecule has 0 fully saturated rings. The molecule has 5 heteroatoms. The molecule has 0 radical (unpaired) electrons. The van der Waals surface area contributed by atoms with Gasteiger partial charge >= 0.3 is 0 Å². The molecule has 2 aromatic rings. The molecule has 4 nitrogen and oxygen atoms in total. The quantitative estimate of drug-likeness (QED) is 0.518. The monoisotopic (exact) mass is 300 g/mol. The number of aliphatic imine (C=N–C) groups is 1. The molecule has 0 saturated carbocycles. The fraction of sp³-hybridized carbons (Fsp3) is 0.250. The lowest BCUT2D eigenvalue weighted by atomic mass is 10.0. The topological polar surface area (TPSA) is 63.3 Å². The van der Waals surface area contributed by atoms with E-state index in [0.29, 0.717) is 5.84 Å². The zero-order valence-electron chi connectivity index (χ0n) is 12.8. The maximum atomic E-state index is 5.92. The van der Waals surface area contributed by atoms with Crippen LogP contribution in [0.25, 0.3) is 11.3 Å². The first kappa shape index (κ1) is 15.5. The van der Waals surface area contributed by atoms with Crippen molar-refractivity contribution in [1.29, 1.82) is 0 Å². The molecule has 1 aromatic carbocycles. The third-order valence-corrected chi connectivity index (χ3v) is 3.97. The number of hydrogen-bond acceptors (Lipinski definition) is 4. The average Bonchev–Trinajstić information content (AvgIpc) is 2.48. The summed E-state index contributed by atoms with van der Waals surface area (Å²) in [6, 6.07) is 10.4. The molecule has 0 aliphatic heterocycles.